The summed E-state index contributed by atoms with van der Waals surface area (Å²) in [6.07, 6.45) is 1.50. The van der Waals surface area contributed by atoms with Crippen molar-refractivity contribution in [3.05, 3.63) is 29.3 Å². The van der Waals surface area contributed by atoms with Crippen molar-refractivity contribution in [3.63, 3.8) is 0 Å². The van der Waals surface area contributed by atoms with Crippen LogP contribution >= 0.6 is 0 Å². The molecule has 3 N–H and O–H groups in total. The fourth-order valence-electron chi connectivity index (χ4n) is 4.08. The molecule has 2 saturated heterocycles. The molecule has 9 nitrogen and oxygen atoms in total. The molecule has 1 atom stereocenters. The van der Waals surface area contributed by atoms with E-state index in [1.54, 1.807) is 18.2 Å². The minimum absolute atomic E-state index is 0.0872. The van der Waals surface area contributed by atoms with Crippen LogP contribution in [0.3, 0.4) is 0 Å². The van der Waals surface area contributed by atoms with Gasteiger partial charge in [-0.1, -0.05) is 0 Å². The van der Waals surface area contributed by atoms with E-state index < -0.39 is 29.7 Å². The third kappa shape index (κ3) is 2.92. The van der Waals surface area contributed by atoms with E-state index in [0.717, 1.165) is 10.6 Å². The van der Waals surface area contributed by atoms with Crippen LogP contribution in [0.25, 0.3) is 0 Å². The Labute approximate surface area is 160 Å². The van der Waals surface area contributed by atoms with Crippen molar-refractivity contribution in [2.24, 2.45) is 11.7 Å². The highest BCUT2D eigenvalue weighted by atomic mass is 16.2. The first kappa shape index (κ1) is 18.1. The summed E-state index contributed by atoms with van der Waals surface area (Å²) in [5, 5.41) is 2.18. The Morgan fingerprint density at radius 2 is 1.68 bits per heavy atom. The topological polar surface area (TPSA) is 130 Å². The molecule has 2 fully saturated rings. The average molecular weight is 384 g/mol. The monoisotopic (exact) mass is 384 g/mol. The molecular formula is C19H20N4O5. The molecule has 1 aromatic rings. The van der Waals surface area contributed by atoms with Gasteiger partial charge in [0.05, 0.1) is 11.1 Å². The molecule has 3 heterocycles. The molecule has 5 amide bonds. The molecule has 1 aromatic carbocycles. The van der Waals surface area contributed by atoms with E-state index in [1.165, 1.54) is 0 Å². The quantitative estimate of drug-likeness (QED) is 0.694. The van der Waals surface area contributed by atoms with Gasteiger partial charge in [0, 0.05) is 31.1 Å². The number of amides is 5. The number of nitrogens with zero attached hydrogens (tertiary/aromatic N) is 2. The zero-order valence-corrected chi connectivity index (χ0v) is 15.1. The lowest BCUT2D eigenvalue weighted by Gasteiger charge is -2.32. The Hall–Kier alpha value is -3.23. The molecule has 146 valence electrons. The van der Waals surface area contributed by atoms with Gasteiger partial charge in [0.2, 0.25) is 17.7 Å². The highest BCUT2D eigenvalue weighted by Crippen LogP contribution is 2.32. The number of nitrogens with one attached hydrogen (secondary N) is 1. The minimum Gasteiger partial charge on any atom is -0.371 e. The zero-order chi connectivity index (χ0) is 20.0. The first-order valence-corrected chi connectivity index (χ1v) is 9.26. The predicted molar refractivity (Wildman–Crippen MR) is 97.2 cm³/mol. The van der Waals surface area contributed by atoms with Gasteiger partial charge in [0.25, 0.3) is 11.8 Å². The molecule has 0 aromatic heterocycles. The summed E-state index contributed by atoms with van der Waals surface area (Å²) in [7, 11) is 0. The van der Waals surface area contributed by atoms with Gasteiger partial charge in [-0.15, -0.1) is 0 Å². The van der Waals surface area contributed by atoms with E-state index >= 15 is 0 Å². The van der Waals surface area contributed by atoms with Gasteiger partial charge in [0.15, 0.2) is 0 Å². The summed E-state index contributed by atoms with van der Waals surface area (Å²) in [6.45, 7) is 1.26. The molecule has 0 bridgehead atoms. The van der Waals surface area contributed by atoms with E-state index in [9.17, 15) is 24.0 Å². The van der Waals surface area contributed by atoms with Crippen LogP contribution in [-0.4, -0.2) is 53.6 Å². The summed E-state index contributed by atoms with van der Waals surface area (Å²) >= 11 is 0. The van der Waals surface area contributed by atoms with Gasteiger partial charge in [-0.05, 0) is 37.5 Å². The lowest BCUT2D eigenvalue weighted by Crippen LogP contribution is -2.54. The van der Waals surface area contributed by atoms with Crippen LogP contribution in [0.1, 0.15) is 46.4 Å². The van der Waals surface area contributed by atoms with Crippen molar-refractivity contribution in [1.29, 1.82) is 0 Å². The molecule has 4 rings (SSSR count). The second kappa shape index (κ2) is 6.74. The van der Waals surface area contributed by atoms with E-state index in [4.69, 9.17) is 5.73 Å². The van der Waals surface area contributed by atoms with Gasteiger partial charge in [0.1, 0.15) is 6.04 Å². The molecule has 0 spiro atoms. The summed E-state index contributed by atoms with van der Waals surface area (Å²) in [6, 6.07) is 4.05. The fourth-order valence-corrected chi connectivity index (χ4v) is 4.08. The molecule has 0 unspecified atom stereocenters. The third-order valence-corrected chi connectivity index (χ3v) is 5.69. The predicted octanol–water partition coefficient (Wildman–Crippen LogP) is -0.210. The highest BCUT2D eigenvalue weighted by Gasteiger charge is 2.44. The largest absolute Gasteiger partial charge is 0.371 e. The van der Waals surface area contributed by atoms with Crippen molar-refractivity contribution in [3.8, 4) is 0 Å². The Bertz CT molecular complexity index is 904. The Balaban J connectivity index is 1.55. The summed E-state index contributed by atoms with van der Waals surface area (Å²) in [5.41, 5.74) is 6.66. The second-order valence-electron chi connectivity index (χ2n) is 7.34. The van der Waals surface area contributed by atoms with Gasteiger partial charge >= 0.3 is 0 Å². The van der Waals surface area contributed by atoms with E-state index in [0.29, 0.717) is 25.9 Å². The molecule has 0 saturated carbocycles. The van der Waals surface area contributed by atoms with Crippen LogP contribution in [0.5, 0.6) is 0 Å². The number of carbonyl (C=O) groups excluding carboxylic acids is 5. The summed E-state index contributed by atoms with van der Waals surface area (Å²) in [5.74, 6) is -2.51. The number of fused-ring (bicyclic) bond motifs is 1. The zero-order valence-electron chi connectivity index (χ0n) is 15.1. The van der Waals surface area contributed by atoms with Crippen LogP contribution in [0.4, 0.5) is 5.69 Å². The Kier molecular flexibility index (Phi) is 4.37. The van der Waals surface area contributed by atoms with Crippen LogP contribution in [0.15, 0.2) is 18.2 Å². The minimum atomic E-state index is -0.972. The molecule has 0 aliphatic carbocycles. The number of benzene rings is 1. The van der Waals surface area contributed by atoms with Gasteiger partial charge < -0.3 is 10.6 Å². The van der Waals surface area contributed by atoms with Gasteiger partial charge in [-0.3, -0.25) is 34.2 Å². The molecular weight excluding hydrogens is 364 g/mol. The average Bonchev–Trinajstić information content (AvgIpc) is 2.92. The lowest BCUT2D eigenvalue weighted by molar-refractivity contribution is -0.136. The molecule has 0 radical (unpaired) electrons. The summed E-state index contributed by atoms with van der Waals surface area (Å²) < 4.78 is 0. The normalized spacial score (nSPS) is 23.1. The van der Waals surface area contributed by atoms with Crippen LogP contribution in [-0.2, 0) is 14.4 Å². The number of primary amides is 1. The molecule has 3 aliphatic heterocycles. The maximum absolute atomic E-state index is 12.9. The van der Waals surface area contributed by atoms with E-state index in [2.05, 4.69) is 5.32 Å². The molecule has 3 aliphatic rings. The van der Waals surface area contributed by atoms with Crippen LogP contribution in [0.2, 0.25) is 0 Å². The van der Waals surface area contributed by atoms with Crippen molar-refractivity contribution >= 4 is 35.2 Å². The van der Waals surface area contributed by atoms with Crippen molar-refractivity contribution in [2.75, 3.05) is 18.0 Å². The first-order chi connectivity index (χ1) is 13.4. The number of hydrogen-bond donors (Lipinski definition) is 2. The Morgan fingerprint density at radius 3 is 2.32 bits per heavy atom. The van der Waals surface area contributed by atoms with Crippen molar-refractivity contribution in [1.82, 2.24) is 10.2 Å². The molecule has 9 heteroatoms. The Morgan fingerprint density at radius 1 is 1.00 bits per heavy atom. The number of rotatable bonds is 3. The summed E-state index contributed by atoms with van der Waals surface area (Å²) in [4.78, 5) is 63.4. The number of hydrogen-bond acceptors (Lipinski definition) is 6. The molecule has 28 heavy (non-hydrogen) atoms. The number of carbonyl (C=O) groups is 5. The maximum Gasteiger partial charge on any atom is 0.262 e. The number of imide groups is 2. The highest BCUT2D eigenvalue weighted by molar-refractivity contribution is 6.23. The van der Waals surface area contributed by atoms with E-state index in [1.807, 2.05) is 4.90 Å². The van der Waals surface area contributed by atoms with Gasteiger partial charge in [-0.2, -0.15) is 0 Å². The van der Waals surface area contributed by atoms with Crippen LogP contribution in [0, 0.1) is 5.92 Å². The fraction of sp³-hybridized carbons (Fsp3) is 0.421. The van der Waals surface area contributed by atoms with Crippen LogP contribution < -0.4 is 16.0 Å². The lowest BCUT2D eigenvalue weighted by atomic mass is 9.95. The van der Waals surface area contributed by atoms with E-state index in [-0.39, 0.29) is 35.8 Å². The number of nitrogens with two attached hydrogens (primary N) is 1. The third-order valence-electron chi connectivity index (χ3n) is 5.69. The van der Waals surface area contributed by atoms with Crippen molar-refractivity contribution < 1.29 is 24.0 Å². The van der Waals surface area contributed by atoms with Gasteiger partial charge in [-0.25, -0.2) is 0 Å². The smallest absolute Gasteiger partial charge is 0.262 e. The number of anilines is 1. The maximum atomic E-state index is 12.9. The number of piperidine rings is 2. The first-order valence-electron chi connectivity index (χ1n) is 9.26. The van der Waals surface area contributed by atoms with Crippen molar-refractivity contribution in [2.45, 2.75) is 31.7 Å². The SMILES string of the molecule is NC(=O)C1CCN(c2ccc3c(c2)C(=O)N([C@@H]2CCC(=O)NC2=O)C3=O)CC1. The second-order valence-corrected chi connectivity index (χ2v) is 7.34. The standard InChI is InChI=1S/C19H20N4O5/c20-16(25)10-5-7-22(8-6-10)11-1-2-12-13(9-11)19(28)23(18(12)27)14-3-4-15(24)21-17(14)26/h1-2,9-10,14H,3-8H2,(H2,20,25)(H,21,24,26)/t14-/m1/s1.